The molecule has 0 heterocycles. The van der Waals surface area contributed by atoms with Crippen molar-refractivity contribution < 1.29 is 9.90 Å². The van der Waals surface area contributed by atoms with Crippen LogP contribution >= 0.6 is 0 Å². The topological polar surface area (TPSA) is 37.3 Å². The number of allylic oxidation sites excluding steroid dienone is 2. The van der Waals surface area contributed by atoms with Crippen LogP contribution in [0.5, 0.6) is 0 Å². The standard InChI is InChI=1S/C12H20O2/c1-8-4-5-11(9(2)7-13)6-12(8)10(3)14/h6,8-9,11,13H,4-5,7H2,1-3H3/t8-,9?,11-/m0/s1. The second-order valence-corrected chi connectivity index (χ2v) is 4.48. The van der Waals surface area contributed by atoms with Crippen molar-refractivity contribution in [3.05, 3.63) is 11.6 Å². The Balaban J connectivity index is 2.79. The number of aliphatic hydroxyl groups excluding tert-OH is 1. The fourth-order valence-electron chi connectivity index (χ4n) is 2.12. The van der Waals surface area contributed by atoms with E-state index in [-0.39, 0.29) is 18.3 Å². The number of Topliss-reactive ketones (excluding diaryl/α,β-unsaturated/α-hetero) is 1. The van der Waals surface area contributed by atoms with Crippen LogP contribution in [0.3, 0.4) is 0 Å². The Morgan fingerprint density at radius 3 is 2.79 bits per heavy atom. The van der Waals surface area contributed by atoms with Gasteiger partial charge in [-0.25, -0.2) is 0 Å². The summed E-state index contributed by atoms with van der Waals surface area (Å²) in [6.45, 7) is 5.98. The lowest BCUT2D eigenvalue weighted by atomic mass is 9.77. The van der Waals surface area contributed by atoms with Gasteiger partial charge in [-0.3, -0.25) is 4.79 Å². The van der Waals surface area contributed by atoms with Crippen LogP contribution in [0.25, 0.3) is 0 Å². The summed E-state index contributed by atoms with van der Waals surface area (Å²) >= 11 is 0. The predicted molar refractivity (Wildman–Crippen MR) is 56.9 cm³/mol. The van der Waals surface area contributed by atoms with Crippen molar-refractivity contribution in [1.82, 2.24) is 0 Å². The van der Waals surface area contributed by atoms with Gasteiger partial charge < -0.3 is 5.11 Å². The van der Waals surface area contributed by atoms with Crippen molar-refractivity contribution in [1.29, 1.82) is 0 Å². The molecular weight excluding hydrogens is 176 g/mol. The largest absolute Gasteiger partial charge is 0.396 e. The lowest BCUT2D eigenvalue weighted by Crippen LogP contribution is -2.22. The molecule has 0 radical (unpaired) electrons. The maximum absolute atomic E-state index is 11.3. The summed E-state index contributed by atoms with van der Waals surface area (Å²) in [7, 11) is 0. The average Bonchev–Trinajstić information content (AvgIpc) is 2.17. The van der Waals surface area contributed by atoms with Gasteiger partial charge >= 0.3 is 0 Å². The first-order valence-electron chi connectivity index (χ1n) is 5.39. The van der Waals surface area contributed by atoms with Crippen molar-refractivity contribution in [2.45, 2.75) is 33.6 Å². The van der Waals surface area contributed by atoms with Gasteiger partial charge in [-0.15, -0.1) is 0 Å². The van der Waals surface area contributed by atoms with Gasteiger partial charge in [0, 0.05) is 6.61 Å². The van der Waals surface area contributed by atoms with E-state index in [4.69, 9.17) is 5.11 Å². The molecule has 0 aromatic carbocycles. The molecule has 0 aromatic heterocycles. The SMILES string of the molecule is CC(=O)C1=C[C@@H](C(C)CO)CC[C@@H]1C. The molecule has 80 valence electrons. The molecule has 1 aliphatic rings. The van der Waals surface area contributed by atoms with Crippen LogP contribution in [0.4, 0.5) is 0 Å². The molecule has 0 aliphatic heterocycles. The highest BCUT2D eigenvalue weighted by Gasteiger charge is 2.24. The van der Waals surface area contributed by atoms with E-state index in [2.05, 4.69) is 13.0 Å². The normalized spacial score (nSPS) is 29.6. The summed E-state index contributed by atoms with van der Waals surface area (Å²) in [5, 5.41) is 9.06. The average molecular weight is 196 g/mol. The lowest BCUT2D eigenvalue weighted by molar-refractivity contribution is -0.114. The van der Waals surface area contributed by atoms with E-state index < -0.39 is 0 Å². The van der Waals surface area contributed by atoms with Crippen molar-refractivity contribution in [2.75, 3.05) is 6.61 Å². The van der Waals surface area contributed by atoms with Gasteiger partial charge in [0.2, 0.25) is 0 Å². The molecule has 0 bridgehead atoms. The minimum Gasteiger partial charge on any atom is -0.396 e. The first-order chi connectivity index (χ1) is 6.56. The van der Waals surface area contributed by atoms with Crippen molar-refractivity contribution in [2.24, 2.45) is 17.8 Å². The molecule has 1 rings (SSSR count). The van der Waals surface area contributed by atoms with Gasteiger partial charge in [0.15, 0.2) is 5.78 Å². The molecular formula is C12H20O2. The van der Waals surface area contributed by atoms with Crippen LogP contribution in [0.2, 0.25) is 0 Å². The van der Waals surface area contributed by atoms with Crippen molar-refractivity contribution in [3.63, 3.8) is 0 Å². The molecule has 1 aliphatic carbocycles. The van der Waals surface area contributed by atoms with Gasteiger partial charge in [-0.1, -0.05) is 19.9 Å². The summed E-state index contributed by atoms with van der Waals surface area (Å²) in [6, 6.07) is 0. The third kappa shape index (κ3) is 2.44. The van der Waals surface area contributed by atoms with Crippen LogP contribution in [0.1, 0.15) is 33.6 Å². The second kappa shape index (κ2) is 4.74. The summed E-state index contributed by atoms with van der Waals surface area (Å²) in [4.78, 5) is 11.3. The Kier molecular flexibility index (Phi) is 3.87. The second-order valence-electron chi connectivity index (χ2n) is 4.48. The maximum Gasteiger partial charge on any atom is 0.155 e. The molecule has 1 N–H and O–H groups in total. The number of hydrogen-bond acceptors (Lipinski definition) is 2. The smallest absolute Gasteiger partial charge is 0.155 e. The highest BCUT2D eigenvalue weighted by molar-refractivity contribution is 5.93. The third-order valence-electron chi connectivity index (χ3n) is 3.28. The first kappa shape index (κ1) is 11.4. The number of aliphatic hydroxyl groups is 1. The third-order valence-corrected chi connectivity index (χ3v) is 3.28. The zero-order chi connectivity index (χ0) is 10.7. The van der Waals surface area contributed by atoms with Crippen LogP contribution in [-0.4, -0.2) is 17.5 Å². The van der Waals surface area contributed by atoms with Crippen LogP contribution < -0.4 is 0 Å². The summed E-state index contributed by atoms with van der Waals surface area (Å²) in [6.07, 6.45) is 4.25. The zero-order valence-electron chi connectivity index (χ0n) is 9.29. The van der Waals surface area contributed by atoms with Gasteiger partial charge in [-0.05, 0) is 43.1 Å². The molecule has 0 amide bonds. The molecule has 1 unspecified atom stereocenters. The summed E-state index contributed by atoms with van der Waals surface area (Å²) in [5.74, 6) is 1.24. The fourth-order valence-corrected chi connectivity index (χ4v) is 2.12. The number of carbonyl (C=O) groups excluding carboxylic acids is 1. The van der Waals surface area contributed by atoms with Crippen LogP contribution in [0, 0.1) is 17.8 Å². The van der Waals surface area contributed by atoms with Crippen molar-refractivity contribution >= 4 is 5.78 Å². The van der Waals surface area contributed by atoms with E-state index in [1.807, 2.05) is 6.92 Å². The Morgan fingerprint density at radius 1 is 1.64 bits per heavy atom. The highest BCUT2D eigenvalue weighted by Crippen LogP contribution is 2.32. The summed E-state index contributed by atoms with van der Waals surface area (Å²) in [5.41, 5.74) is 0.960. The van der Waals surface area contributed by atoms with E-state index in [1.54, 1.807) is 6.92 Å². The quantitative estimate of drug-likeness (QED) is 0.751. The minimum absolute atomic E-state index is 0.187. The number of rotatable bonds is 3. The van der Waals surface area contributed by atoms with E-state index >= 15 is 0 Å². The Labute approximate surface area is 86.0 Å². The van der Waals surface area contributed by atoms with Gasteiger partial charge in [0.05, 0.1) is 0 Å². The van der Waals surface area contributed by atoms with E-state index in [9.17, 15) is 4.79 Å². The van der Waals surface area contributed by atoms with E-state index in [0.717, 1.165) is 18.4 Å². The molecule has 3 atom stereocenters. The molecule has 2 heteroatoms. The Morgan fingerprint density at radius 2 is 2.29 bits per heavy atom. The van der Waals surface area contributed by atoms with Crippen LogP contribution in [0.15, 0.2) is 11.6 Å². The van der Waals surface area contributed by atoms with E-state index in [0.29, 0.717) is 11.8 Å². The Bertz CT molecular complexity index is 243. The molecule has 0 saturated carbocycles. The zero-order valence-corrected chi connectivity index (χ0v) is 9.29. The molecule has 0 fully saturated rings. The molecule has 0 saturated heterocycles. The van der Waals surface area contributed by atoms with Crippen LogP contribution in [-0.2, 0) is 4.79 Å². The lowest BCUT2D eigenvalue weighted by Gasteiger charge is -2.28. The highest BCUT2D eigenvalue weighted by atomic mass is 16.3. The maximum atomic E-state index is 11.3. The molecule has 0 spiro atoms. The van der Waals surface area contributed by atoms with E-state index in [1.165, 1.54) is 0 Å². The predicted octanol–water partition coefficient (Wildman–Crippen LogP) is 2.18. The summed E-state index contributed by atoms with van der Waals surface area (Å²) < 4.78 is 0. The minimum atomic E-state index is 0.187. The fraction of sp³-hybridized carbons (Fsp3) is 0.750. The molecule has 0 aromatic rings. The number of ketones is 1. The van der Waals surface area contributed by atoms with Crippen molar-refractivity contribution in [3.8, 4) is 0 Å². The molecule has 14 heavy (non-hydrogen) atoms. The van der Waals surface area contributed by atoms with Gasteiger partial charge in [0.1, 0.15) is 0 Å². The number of hydrogen-bond donors (Lipinski definition) is 1. The number of carbonyl (C=O) groups is 1. The van der Waals surface area contributed by atoms with Gasteiger partial charge in [0.25, 0.3) is 0 Å². The molecule has 2 nitrogen and oxygen atoms in total. The first-order valence-corrected chi connectivity index (χ1v) is 5.39. The monoisotopic (exact) mass is 196 g/mol. The van der Waals surface area contributed by atoms with Gasteiger partial charge in [-0.2, -0.15) is 0 Å². The Hall–Kier alpha value is -0.630.